The molecule has 1 unspecified atom stereocenters. The molecule has 1 N–H and O–H groups in total. The SMILES string of the molecule is COc1cc(C(C)C#N)c(Br)cc1O. The van der Waals surface area contributed by atoms with E-state index in [1.54, 1.807) is 13.0 Å². The molecule has 0 amide bonds. The molecule has 0 saturated carbocycles. The number of benzene rings is 1. The number of nitriles is 1. The molecule has 3 nitrogen and oxygen atoms in total. The van der Waals surface area contributed by atoms with Crippen molar-refractivity contribution >= 4 is 15.9 Å². The summed E-state index contributed by atoms with van der Waals surface area (Å²) in [6.45, 7) is 1.79. The molecule has 0 aliphatic carbocycles. The van der Waals surface area contributed by atoms with Crippen LogP contribution in [-0.2, 0) is 0 Å². The molecule has 0 fully saturated rings. The van der Waals surface area contributed by atoms with Gasteiger partial charge in [0, 0.05) is 4.47 Å². The van der Waals surface area contributed by atoms with Crippen molar-refractivity contribution in [2.24, 2.45) is 0 Å². The maximum Gasteiger partial charge on any atom is 0.160 e. The molecule has 0 aliphatic heterocycles. The molecule has 0 radical (unpaired) electrons. The molecule has 0 aromatic heterocycles. The monoisotopic (exact) mass is 255 g/mol. The molecule has 14 heavy (non-hydrogen) atoms. The molecular weight excluding hydrogens is 246 g/mol. The smallest absolute Gasteiger partial charge is 0.160 e. The van der Waals surface area contributed by atoms with Gasteiger partial charge >= 0.3 is 0 Å². The van der Waals surface area contributed by atoms with Crippen LogP contribution < -0.4 is 4.74 Å². The zero-order valence-corrected chi connectivity index (χ0v) is 9.50. The first kappa shape index (κ1) is 10.9. The minimum absolute atomic E-state index is 0.0632. The summed E-state index contributed by atoms with van der Waals surface area (Å²) >= 11 is 3.29. The van der Waals surface area contributed by atoms with Gasteiger partial charge in [-0.3, -0.25) is 0 Å². The van der Waals surface area contributed by atoms with Gasteiger partial charge < -0.3 is 9.84 Å². The highest BCUT2D eigenvalue weighted by Crippen LogP contribution is 2.35. The van der Waals surface area contributed by atoms with Crippen molar-refractivity contribution in [3.63, 3.8) is 0 Å². The van der Waals surface area contributed by atoms with Gasteiger partial charge in [0.05, 0.1) is 19.1 Å². The topological polar surface area (TPSA) is 53.2 Å². The molecule has 0 spiro atoms. The molecule has 0 aliphatic rings. The minimum atomic E-state index is -0.237. The van der Waals surface area contributed by atoms with E-state index in [-0.39, 0.29) is 11.7 Å². The summed E-state index contributed by atoms with van der Waals surface area (Å²) in [6.07, 6.45) is 0. The van der Waals surface area contributed by atoms with Gasteiger partial charge in [-0.1, -0.05) is 15.9 Å². The third-order valence-corrected chi connectivity index (χ3v) is 2.65. The van der Waals surface area contributed by atoms with E-state index in [9.17, 15) is 5.11 Å². The third kappa shape index (κ3) is 1.99. The van der Waals surface area contributed by atoms with Gasteiger partial charge in [0.15, 0.2) is 11.5 Å². The number of phenolic OH excluding ortho intramolecular Hbond substituents is 1. The largest absolute Gasteiger partial charge is 0.504 e. The van der Waals surface area contributed by atoms with Crippen molar-refractivity contribution in [1.82, 2.24) is 0 Å². The molecule has 4 heteroatoms. The highest BCUT2D eigenvalue weighted by atomic mass is 79.9. The Morgan fingerprint density at radius 1 is 1.57 bits per heavy atom. The number of aromatic hydroxyl groups is 1. The van der Waals surface area contributed by atoms with Crippen molar-refractivity contribution in [3.8, 4) is 17.6 Å². The standard InChI is InChI=1S/C10H10BrNO2/c1-6(5-12)7-3-10(14-2)9(13)4-8(7)11/h3-4,6,13H,1-2H3. The second-order valence-corrected chi connectivity index (χ2v) is 3.75. The average molecular weight is 256 g/mol. The van der Waals surface area contributed by atoms with E-state index < -0.39 is 0 Å². The summed E-state index contributed by atoms with van der Waals surface area (Å²) in [5.74, 6) is 0.206. The van der Waals surface area contributed by atoms with E-state index in [1.165, 1.54) is 13.2 Å². The second kappa shape index (κ2) is 4.34. The van der Waals surface area contributed by atoms with Gasteiger partial charge in [-0.15, -0.1) is 0 Å². The van der Waals surface area contributed by atoms with E-state index >= 15 is 0 Å². The van der Waals surface area contributed by atoms with Crippen LogP contribution in [0.2, 0.25) is 0 Å². The van der Waals surface area contributed by atoms with Crippen molar-refractivity contribution < 1.29 is 9.84 Å². The first-order valence-corrected chi connectivity index (χ1v) is 4.85. The summed E-state index contributed by atoms with van der Waals surface area (Å²) in [4.78, 5) is 0. The summed E-state index contributed by atoms with van der Waals surface area (Å²) in [7, 11) is 1.48. The Morgan fingerprint density at radius 3 is 2.71 bits per heavy atom. The Bertz CT molecular complexity index is 384. The highest BCUT2D eigenvalue weighted by Gasteiger charge is 2.12. The van der Waals surface area contributed by atoms with Gasteiger partial charge in [-0.2, -0.15) is 5.26 Å². The molecule has 0 saturated heterocycles. The molecule has 1 aromatic rings. The lowest BCUT2D eigenvalue weighted by Gasteiger charge is -2.10. The lowest BCUT2D eigenvalue weighted by atomic mass is 10.0. The van der Waals surface area contributed by atoms with Crippen LogP contribution in [0.4, 0.5) is 0 Å². The normalized spacial score (nSPS) is 11.9. The van der Waals surface area contributed by atoms with Crippen LogP contribution in [0.3, 0.4) is 0 Å². The van der Waals surface area contributed by atoms with Crippen LogP contribution >= 0.6 is 15.9 Å². The Balaban J connectivity index is 3.25. The zero-order valence-electron chi connectivity index (χ0n) is 7.91. The third-order valence-electron chi connectivity index (χ3n) is 1.96. The minimum Gasteiger partial charge on any atom is -0.504 e. The fourth-order valence-electron chi connectivity index (χ4n) is 1.12. The molecule has 1 atom stereocenters. The fraction of sp³-hybridized carbons (Fsp3) is 0.300. The molecule has 1 rings (SSSR count). The van der Waals surface area contributed by atoms with E-state index in [0.717, 1.165) is 5.56 Å². The molecule has 0 heterocycles. The first-order chi connectivity index (χ1) is 6.60. The van der Waals surface area contributed by atoms with E-state index in [4.69, 9.17) is 10.00 Å². The van der Waals surface area contributed by atoms with Crippen molar-refractivity contribution in [2.75, 3.05) is 7.11 Å². The van der Waals surface area contributed by atoms with Crippen LogP contribution in [0.1, 0.15) is 18.4 Å². The van der Waals surface area contributed by atoms with Crippen molar-refractivity contribution in [2.45, 2.75) is 12.8 Å². The van der Waals surface area contributed by atoms with Gasteiger partial charge in [0.1, 0.15) is 0 Å². The number of hydrogen-bond donors (Lipinski definition) is 1. The van der Waals surface area contributed by atoms with Crippen LogP contribution in [0.5, 0.6) is 11.5 Å². The number of nitrogens with zero attached hydrogens (tertiary/aromatic N) is 1. The fourth-order valence-corrected chi connectivity index (χ4v) is 1.80. The van der Waals surface area contributed by atoms with Gasteiger partial charge in [0.25, 0.3) is 0 Å². The van der Waals surface area contributed by atoms with E-state index in [2.05, 4.69) is 22.0 Å². The van der Waals surface area contributed by atoms with E-state index in [1.807, 2.05) is 0 Å². The maximum atomic E-state index is 9.43. The van der Waals surface area contributed by atoms with Crippen LogP contribution in [0.25, 0.3) is 0 Å². The Morgan fingerprint density at radius 2 is 2.21 bits per heavy atom. The number of rotatable bonds is 2. The molecule has 74 valence electrons. The van der Waals surface area contributed by atoms with E-state index in [0.29, 0.717) is 10.2 Å². The number of methoxy groups -OCH3 is 1. The van der Waals surface area contributed by atoms with Crippen LogP contribution in [-0.4, -0.2) is 12.2 Å². The van der Waals surface area contributed by atoms with Crippen LogP contribution in [0, 0.1) is 11.3 Å². The number of hydrogen-bond acceptors (Lipinski definition) is 3. The van der Waals surface area contributed by atoms with Gasteiger partial charge in [0.2, 0.25) is 0 Å². The number of ether oxygens (including phenoxy) is 1. The van der Waals surface area contributed by atoms with Gasteiger partial charge in [-0.25, -0.2) is 0 Å². The average Bonchev–Trinajstić information content (AvgIpc) is 2.17. The Kier molecular flexibility index (Phi) is 3.37. The van der Waals surface area contributed by atoms with Crippen molar-refractivity contribution in [3.05, 3.63) is 22.2 Å². The quantitative estimate of drug-likeness (QED) is 0.885. The lowest BCUT2D eigenvalue weighted by Crippen LogP contribution is -1.93. The number of phenols is 1. The summed E-state index contributed by atoms with van der Waals surface area (Å²) in [5, 5.41) is 18.2. The first-order valence-electron chi connectivity index (χ1n) is 4.06. The number of halogens is 1. The molecule has 1 aromatic carbocycles. The van der Waals surface area contributed by atoms with Crippen LogP contribution in [0.15, 0.2) is 16.6 Å². The Hall–Kier alpha value is -1.21. The van der Waals surface area contributed by atoms with Gasteiger partial charge in [-0.05, 0) is 24.6 Å². The highest BCUT2D eigenvalue weighted by molar-refractivity contribution is 9.10. The Labute approximate surface area is 91.1 Å². The van der Waals surface area contributed by atoms with Crippen molar-refractivity contribution in [1.29, 1.82) is 5.26 Å². The maximum absolute atomic E-state index is 9.43. The predicted molar refractivity (Wildman–Crippen MR) is 56.4 cm³/mol. The zero-order chi connectivity index (χ0) is 10.7. The molecule has 0 bridgehead atoms. The lowest BCUT2D eigenvalue weighted by molar-refractivity contribution is 0.372. The summed E-state index contributed by atoms with van der Waals surface area (Å²) in [6, 6.07) is 5.32. The summed E-state index contributed by atoms with van der Waals surface area (Å²) in [5.41, 5.74) is 0.808. The second-order valence-electron chi connectivity index (χ2n) is 2.90. The molecular formula is C10H10BrNO2. The summed E-state index contributed by atoms with van der Waals surface area (Å²) < 4.78 is 5.67. The predicted octanol–water partition coefficient (Wildman–Crippen LogP) is 2.79.